The highest BCUT2D eigenvalue weighted by atomic mass is 16.5. The van der Waals surface area contributed by atoms with Crippen molar-refractivity contribution < 1.29 is 14.3 Å². The van der Waals surface area contributed by atoms with E-state index in [1.54, 1.807) is 25.4 Å². The highest BCUT2D eigenvalue weighted by Crippen LogP contribution is 2.03. The fourth-order valence-electron chi connectivity index (χ4n) is 1.17. The van der Waals surface area contributed by atoms with Crippen molar-refractivity contribution in [3.05, 3.63) is 29.6 Å². The molecule has 2 N–H and O–H groups in total. The van der Waals surface area contributed by atoms with E-state index in [4.69, 9.17) is 15.2 Å². The molecule has 5 nitrogen and oxygen atoms in total. The smallest absolute Gasteiger partial charge is 0.338 e. The Bertz CT molecular complexity index is 342. The quantitative estimate of drug-likeness (QED) is 0.569. The number of methoxy groups -OCH3 is 1. The molecule has 1 aromatic rings. The first-order valence-electron chi connectivity index (χ1n) is 5.09. The van der Waals surface area contributed by atoms with Crippen molar-refractivity contribution in [1.82, 2.24) is 4.98 Å². The van der Waals surface area contributed by atoms with Crippen molar-refractivity contribution >= 4 is 5.97 Å². The molecule has 0 saturated carbocycles. The van der Waals surface area contributed by atoms with E-state index in [-0.39, 0.29) is 5.97 Å². The van der Waals surface area contributed by atoms with Crippen LogP contribution in [0.15, 0.2) is 18.3 Å². The summed E-state index contributed by atoms with van der Waals surface area (Å²) in [6, 6.07) is 3.25. The zero-order chi connectivity index (χ0) is 11.8. The van der Waals surface area contributed by atoms with Gasteiger partial charge in [0.2, 0.25) is 0 Å². The minimum absolute atomic E-state index is 0.310. The van der Waals surface area contributed by atoms with Gasteiger partial charge in [0.1, 0.15) is 0 Å². The van der Waals surface area contributed by atoms with Crippen LogP contribution in [0.4, 0.5) is 0 Å². The number of carbonyl (C=O) groups is 1. The standard InChI is InChI=1S/C11H16N2O3/c1-15-5-2-6-16-11(14)9-3-4-13-10(7-9)8-12/h3-4,7H,2,5-6,8,12H2,1H3. The van der Waals surface area contributed by atoms with Crippen molar-refractivity contribution in [2.45, 2.75) is 13.0 Å². The van der Waals surface area contributed by atoms with E-state index in [0.29, 0.717) is 37.4 Å². The van der Waals surface area contributed by atoms with Gasteiger partial charge in [0.25, 0.3) is 0 Å². The number of nitrogens with zero attached hydrogens (tertiary/aromatic N) is 1. The minimum Gasteiger partial charge on any atom is -0.462 e. The molecule has 1 rings (SSSR count). The largest absolute Gasteiger partial charge is 0.462 e. The third-order valence-electron chi connectivity index (χ3n) is 1.99. The zero-order valence-electron chi connectivity index (χ0n) is 9.31. The summed E-state index contributed by atoms with van der Waals surface area (Å²) < 4.78 is 9.89. The van der Waals surface area contributed by atoms with Crippen LogP contribution in [-0.2, 0) is 16.0 Å². The fraction of sp³-hybridized carbons (Fsp3) is 0.455. The summed E-state index contributed by atoms with van der Waals surface area (Å²) in [5.74, 6) is -0.354. The number of carbonyl (C=O) groups excluding carboxylic acids is 1. The van der Waals surface area contributed by atoms with Gasteiger partial charge in [-0.25, -0.2) is 4.79 Å². The highest BCUT2D eigenvalue weighted by Gasteiger charge is 2.07. The lowest BCUT2D eigenvalue weighted by molar-refractivity contribution is 0.0468. The molecule has 0 unspecified atom stereocenters. The van der Waals surface area contributed by atoms with E-state index in [1.165, 1.54) is 0 Å². The number of aromatic nitrogens is 1. The van der Waals surface area contributed by atoms with Crippen molar-refractivity contribution in [1.29, 1.82) is 0 Å². The van der Waals surface area contributed by atoms with E-state index in [2.05, 4.69) is 4.98 Å². The molecule has 0 atom stereocenters. The second-order valence-corrected chi connectivity index (χ2v) is 3.22. The van der Waals surface area contributed by atoms with Gasteiger partial charge in [-0.1, -0.05) is 0 Å². The Kier molecular flexibility index (Phi) is 5.45. The number of ether oxygens (including phenoxy) is 2. The summed E-state index contributed by atoms with van der Waals surface area (Å²) in [6.07, 6.45) is 2.24. The molecule has 0 amide bonds. The average Bonchev–Trinajstić information content (AvgIpc) is 2.34. The third kappa shape index (κ3) is 3.96. The predicted octanol–water partition coefficient (Wildman–Crippen LogP) is 0.734. The molecule has 16 heavy (non-hydrogen) atoms. The van der Waals surface area contributed by atoms with Gasteiger partial charge in [-0.05, 0) is 12.1 Å². The highest BCUT2D eigenvalue weighted by molar-refractivity contribution is 5.89. The van der Waals surface area contributed by atoms with Gasteiger partial charge in [-0.15, -0.1) is 0 Å². The second kappa shape index (κ2) is 6.92. The van der Waals surface area contributed by atoms with Crippen LogP contribution < -0.4 is 5.73 Å². The molecule has 0 fully saturated rings. The number of rotatable bonds is 6. The topological polar surface area (TPSA) is 74.4 Å². The molecule has 5 heteroatoms. The molecular formula is C11H16N2O3. The SMILES string of the molecule is COCCCOC(=O)c1ccnc(CN)c1. The van der Waals surface area contributed by atoms with Crippen molar-refractivity contribution in [3.63, 3.8) is 0 Å². The first-order valence-corrected chi connectivity index (χ1v) is 5.09. The lowest BCUT2D eigenvalue weighted by atomic mass is 10.2. The van der Waals surface area contributed by atoms with Crippen molar-refractivity contribution in [2.75, 3.05) is 20.3 Å². The van der Waals surface area contributed by atoms with Gasteiger partial charge >= 0.3 is 5.97 Å². The van der Waals surface area contributed by atoms with Gasteiger partial charge in [0.15, 0.2) is 0 Å². The molecule has 88 valence electrons. The fourth-order valence-corrected chi connectivity index (χ4v) is 1.17. The second-order valence-electron chi connectivity index (χ2n) is 3.22. The first-order chi connectivity index (χ1) is 7.77. The molecule has 0 aliphatic heterocycles. The molecule has 1 aromatic heterocycles. The van der Waals surface area contributed by atoms with Crippen LogP contribution >= 0.6 is 0 Å². The van der Waals surface area contributed by atoms with Crippen molar-refractivity contribution in [3.8, 4) is 0 Å². The molecular weight excluding hydrogens is 208 g/mol. The Hall–Kier alpha value is -1.46. The summed E-state index contributed by atoms with van der Waals surface area (Å²) in [7, 11) is 1.61. The van der Waals surface area contributed by atoms with Crippen LogP contribution in [0.2, 0.25) is 0 Å². The molecule has 1 heterocycles. The minimum atomic E-state index is -0.354. The summed E-state index contributed by atoms with van der Waals surface area (Å²) in [4.78, 5) is 15.5. The van der Waals surface area contributed by atoms with Crippen LogP contribution in [0.1, 0.15) is 22.5 Å². The molecule has 0 aliphatic carbocycles. The summed E-state index contributed by atoms with van der Waals surface area (Å²) in [5.41, 5.74) is 6.58. The number of pyridine rings is 1. The van der Waals surface area contributed by atoms with Gasteiger partial charge in [-0.2, -0.15) is 0 Å². The van der Waals surface area contributed by atoms with Gasteiger partial charge in [0, 0.05) is 32.9 Å². The molecule has 0 bridgehead atoms. The summed E-state index contributed by atoms with van der Waals surface area (Å²) in [6.45, 7) is 1.25. The molecule has 0 saturated heterocycles. The number of hydrogen-bond acceptors (Lipinski definition) is 5. The van der Waals surface area contributed by atoms with Gasteiger partial charge in [-0.3, -0.25) is 4.98 Å². The maximum atomic E-state index is 11.5. The number of nitrogens with two attached hydrogens (primary N) is 1. The van der Waals surface area contributed by atoms with Crippen molar-refractivity contribution in [2.24, 2.45) is 5.73 Å². The molecule has 0 radical (unpaired) electrons. The Morgan fingerprint density at radius 1 is 1.50 bits per heavy atom. The van der Waals surface area contributed by atoms with E-state index in [0.717, 1.165) is 0 Å². The molecule has 0 aromatic carbocycles. The maximum Gasteiger partial charge on any atom is 0.338 e. The van der Waals surface area contributed by atoms with E-state index >= 15 is 0 Å². The van der Waals surface area contributed by atoms with Crippen LogP contribution in [0, 0.1) is 0 Å². The zero-order valence-corrected chi connectivity index (χ0v) is 9.31. The normalized spacial score (nSPS) is 10.1. The average molecular weight is 224 g/mol. The Labute approximate surface area is 94.6 Å². The van der Waals surface area contributed by atoms with Crippen LogP contribution in [0.3, 0.4) is 0 Å². The van der Waals surface area contributed by atoms with E-state index in [1.807, 2.05) is 0 Å². The first kappa shape index (κ1) is 12.6. The third-order valence-corrected chi connectivity index (χ3v) is 1.99. The Morgan fingerprint density at radius 2 is 2.31 bits per heavy atom. The van der Waals surface area contributed by atoms with Gasteiger partial charge in [0.05, 0.1) is 17.9 Å². The monoisotopic (exact) mass is 224 g/mol. The van der Waals surface area contributed by atoms with E-state index in [9.17, 15) is 4.79 Å². The lowest BCUT2D eigenvalue weighted by Crippen LogP contribution is -2.09. The summed E-state index contributed by atoms with van der Waals surface area (Å²) in [5, 5.41) is 0. The van der Waals surface area contributed by atoms with Crippen LogP contribution in [-0.4, -0.2) is 31.3 Å². The predicted molar refractivity (Wildman–Crippen MR) is 58.9 cm³/mol. The number of hydrogen-bond donors (Lipinski definition) is 1. The Morgan fingerprint density at radius 3 is 3.00 bits per heavy atom. The summed E-state index contributed by atoms with van der Waals surface area (Å²) >= 11 is 0. The molecule has 0 spiro atoms. The lowest BCUT2D eigenvalue weighted by Gasteiger charge is -2.05. The van der Waals surface area contributed by atoms with Crippen LogP contribution in [0.25, 0.3) is 0 Å². The van der Waals surface area contributed by atoms with Crippen LogP contribution in [0.5, 0.6) is 0 Å². The van der Waals surface area contributed by atoms with Gasteiger partial charge < -0.3 is 15.2 Å². The maximum absolute atomic E-state index is 11.5. The Balaban J connectivity index is 2.46. The van der Waals surface area contributed by atoms with E-state index < -0.39 is 0 Å². The number of esters is 1. The molecule has 0 aliphatic rings.